The standard InChI is InChI=1S/C11H11N7S/c1-7-13-9(12)10(14-7)19-11-15-16-17-18(11)8-5-3-2-4-6-8/h2-6H,12H2,1H3,(H,13,14). The van der Waals surface area contributed by atoms with Gasteiger partial charge in [0.05, 0.1) is 5.69 Å². The van der Waals surface area contributed by atoms with Crippen LogP contribution in [0.2, 0.25) is 0 Å². The zero-order valence-corrected chi connectivity index (χ0v) is 10.9. The summed E-state index contributed by atoms with van der Waals surface area (Å²) < 4.78 is 1.65. The lowest BCUT2D eigenvalue weighted by Crippen LogP contribution is -1.98. The molecular weight excluding hydrogens is 262 g/mol. The third kappa shape index (κ3) is 2.29. The van der Waals surface area contributed by atoms with Crippen molar-refractivity contribution < 1.29 is 0 Å². The van der Waals surface area contributed by atoms with Crippen molar-refractivity contribution in [3.63, 3.8) is 0 Å². The number of hydrogen-bond donors (Lipinski definition) is 2. The van der Waals surface area contributed by atoms with Crippen molar-refractivity contribution in [1.29, 1.82) is 0 Å². The molecule has 7 nitrogen and oxygen atoms in total. The minimum absolute atomic E-state index is 0.519. The van der Waals surface area contributed by atoms with E-state index in [-0.39, 0.29) is 0 Å². The fourth-order valence-electron chi connectivity index (χ4n) is 1.63. The number of nitrogens with one attached hydrogen (secondary N) is 1. The Kier molecular flexibility index (Phi) is 2.92. The molecule has 0 saturated carbocycles. The van der Waals surface area contributed by atoms with Gasteiger partial charge >= 0.3 is 0 Å². The molecule has 1 aromatic carbocycles. The first-order valence-corrected chi connectivity index (χ1v) is 6.39. The summed E-state index contributed by atoms with van der Waals surface area (Å²) in [5, 5.41) is 12.9. The van der Waals surface area contributed by atoms with E-state index in [9.17, 15) is 0 Å². The molecule has 96 valence electrons. The molecular formula is C11H11N7S. The highest BCUT2D eigenvalue weighted by atomic mass is 32.2. The van der Waals surface area contributed by atoms with Crippen LogP contribution in [0.5, 0.6) is 0 Å². The van der Waals surface area contributed by atoms with E-state index in [0.717, 1.165) is 11.5 Å². The topological polar surface area (TPSA) is 98.3 Å². The van der Waals surface area contributed by atoms with Gasteiger partial charge in [0.15, 0.2) is 0 Å². The van der Waals surface area contributed by atoms with Gasteiger partial charge in [0.1, 0.15) is 16.7 Å². The second-order valence-electron chi connectivity index (χ2n) is 3.85. The number of hydrogen-bond acceptors (Lipinski definition) is 6. The van der Waals surface area contributed by atoms with E-state index in [0.29, 0.717) is 16.0 Å². The number of nitrogen functional groups attached to an aromatic ring is 1. The number of tetrazole rings is 1. The highest BCUT2D eigenvalue weighted by molar-refractivity contribution is 7.99. The molecule has 0 spiro atoms. The lowest BCUT2D eigenvalue weighted by Gasteiger charge is -2.02. The summed E-state index contributed by atoms with van der Waals surface area (Å²) in [5.41, 5.74) is 6.72. The van der Waals surface area contributed by atoms with E-state index in [1.54, 1.807) is 4.68 Å². The first-order chi connectivity index (χ1) is 9.24. The van der Waals surface area contributed by atoms with Gasteiger partial charge in [0.2, 0.25) is 5.16 Å². The Morgan fingerprint density at radius 2 is 2.05 bits per heavy atom. The third-order valence-electron chi connectivity index (χ3n) is 2.44. The Bertz CT molecular complexity index is 688. The van der Waals surface area contributed by atoms with Gasteiger partial charge in [0, 0.05) is 0 Å². The lowest BCUT2D eigenvalue weighted by atomic mass is 10.3. The van der Waals surface area contributed by atoms with Crippen molar-refractivity contribution in [2.75, 3.05) is 5.73 Å². The Balaban J connectivity index is 1.95. The second-order valence-corrected chi connectivity index (χ2v) is 4.81. The van der Waals surface area contributed by atoms with Crippen LogP contribution < -0.4 is 5.73 Å². The molecule has 0 amide bonds. The molecule has 3 rings (SSSR count). The molecule has 0 atom stereocenters. The number of aryl methyl sites for hydroxylation is 1. The molecule has 19 heavy (non-hydrogen) atoms. The molecule has 0 fully saturated rings. The van der Waals surface area contributed by atoms with Crippen LogP contribution in [0.1, 0.15) is 5.82 Å². The molecule has 0 saturated heterocycles. The molecule has 0 radical (unpaired) electrons. The molecule has 3 aromatic rings. The van der Waals surface area contributed by atoms with Crippen molar-refractivity contribution >= 4 is 17.6 Å². The largest absolute Gasteiger partial charge is 0.383 e. The zero-order chi connectivity index (χ0) is 13.2. The summed E-state index contributed by atoms with van der Waals surface area (Å²) in [6, 6.07) is 9.66. The number of nitrogens with two attached hydrogens (primary N) is 1. The average molecular weight is 273 g/mol. The molecule has 8 heteroatoms. The van der Waals surface area contributed by atoms with Crippen LogP contribution in [0.15, 0.2) is 40.5 Å². The zero-order valence-electron chi connectivity index (χ0n) is 10.1. The number of H-pyrrole nitrogens is 1. The Morgan fingerprint density at radius 3 is 2.74 bits per heavy atom. The van der Waals surface area contributed by atoms with Crippen molar-refractivity contribution in [2.24, 2.45) is 0 Å². The number of rotatable bonds is 3. The summed E-state index contributed by atoms with van der Waals surface area (Å²) in [6.45, 7) is 1.85. The Morgan fingerprint density at radius 1 is 1.26 bits per heavy atom. The third-order valence-corrected chi connectivity index (χ3v) is 3.39. The number of aromatic amines is 1. The van der Waals surface area contributed by atoms with Crippen LogP contribution in [0.4, 0.5) is 5.82 Å². The average Bonchev–Trinajstić information content (AvgIpc) is 2.98. The summed E-state index contributed by atoms with van der Waals surface area (Å²) in [4.78, 5) is 7.24. The highest BCUT2D eigenvalue weighted by Gasteiger charge is 2.14. The van der Waals surface area contributed by atoms with Crippen LogP contribution in [-0.2, 0) is 0 Å². The smallest absolute Gasteiger partial charge is 0.220 e. The quantitative estimate of drug-likeness (QED) is 0.749. The Hall–Kier alpha value is -2.35. The molecule has 0 aliphatic heterocycles. The van der Waals surface area contributed by atoms with Gasteiger partial charge in [-0.05, 0) is 41.2 Å². The van der Waals surface area contributed by atoms with Crippen molar-refractivity contribution in [3.8, 4) is 5.69 Å². The van der Waals surface area contributed by atoms with E-state index in [1.165, 1.54) is 11.8 Å². The minimum atomic E-state index is 0.519. The molecule has 0 bridgehead atoms. The van der Waals surface area contributed by atoms with Crippen LogP contribution >= 0.6 is 11.8 Å². The maximum atomic E-state index is 5.83. The SMILES string of the molecule is Cc1nc(Sc2nnnn2-c2ccccc2)c(N)[nH]1. The van der Waals surface area contributed by atoms with Crippen molar-refractivity contribution in [3.05, 3.63) is 36.2 Å². The normalized spacial score (nSPS) is 10.8. The van der Waals surface area contributed by atoms with Gasteiger partial charge in [0.25, 0.3) is 0 Å². The number of anilines is 1. The molecule has 2 aromatic heterocycles. The van der Waals surface area contributed by atoms with Crippen LogP contribution in [0.3, 0.4) is 0 Å². The summed E-state index contributed by atoms with van der Waals surface area (Å²) in [7, 11) is 0. The number of para-hydroxylation sites is 1. The van der Waals surface area contributed by atoms with Gasteiger partial charge in [-0.1, -0.05) is 18.2 Å². The van der Waals surface area contributed by atoms with Crippen molar-refractivity contribution in [2.45, 2.75) is 17.1 Å². The van der Waals surface area contributed by atoms with Crippen LogP contribution in [0.25, 0.3) is 5.69 Å². The second kappa shape index (κ2) is 4.73. The summed E-state index contributed by atoms with van der Waals surface area (Å²) in [5.74, 6) is 1.28. The van der Waals surface area contributed by atoms with Crippen LogP contribution in [0, 0.1) is 6.92 Å². The first-order valence-electron chi connectivity index (χ1n) is 5.58. The van der Waals surface area contributed by atoms with Gasteiger partial charge in [-0.15, -0.1) is 5.10 Å². The maximum Gasteiger partial charge on any atom is 0.220 e. The van der Waals surface area contributed by atoms with Crippen molar-refractivity contribution in [1.82, 2.24) is 30.2 Å². The molecule has 0 aliphatic carbocycles. The Labute approximate surface area is 113 Å². The van der Waals surface area contributed by atoms with E-state index < -0.39 is 0 Å². The molecule has 0 aliphatic rings. The van der Waals surface area contributed by atoms with E-state index in [1.807, 2.05) is 37.3 Å². The lowest BCUT2D eigenvalue weighted by molar-refractivity contribution is 0.756. The predicted molar refractivity (Wildman–Crippen MR) is 71.0 cm³/mol. The fourth-order valence-corrected chi connectivity index (χ4v) is 2.45. The molecule has 0 unspecified atom stereocenters. The highest BCUT2D eigenvalue weighted by Crippen LogP contribution is 2.29. The number of nitrogens with zero attached hydrogens (tertiary/aromatic N) is 5. The molecule has 3 N–H and O–H groups in total. The predicted octanol–water partition coefficient (Wildman–Crippen LogP) is 1.43. The van der Waals surface area contributed by atoms with E-state index >= 15 is 0 Å². The number of benzene rings is 1. The number of imidazole rings is 1. The summed E-state index contributed by atoms with van der Waals surface area (Å²) >= 11 is 1.32. The first kappa shape index (κ1) is 11.7. The van der Waals surface area contributed by atoms with E-state index in [2.05, 4.69) is 25.5 Å². The van der Waals surface area contributed by atoms with Gasteiger partial charge in [-0.2, -0.15) is 4.68 Å². The van der Waals surface area contributed by atoms with Crippen LogP contribution in [-0.4, -0.2) is 30.2 Å². The monoisotopic (exact) mass is 273 g/mol. The van der Waals surface area contributed by atoms with Gasteiger partial charge < -0.3 is 10.7 Å². The van der Waals surface area contributed by atoms with E-state index in [4.69, 9.17) is 5.73 Å². The minimum Gasteiger partial charge on any atom is -0.383 e. The number of aromatic nitrogens is 6. The molecule has 2 heterocycles. The van der Waals surface area contributed by atoms with Gasteiger partial charge in [-0.3, -0.25) is 0 Å². The van der Waals surface area contributed by atoms with Gasteiger partial charge in [-0.25, -0.2) is 4.98 Å². The fraction of sp³-hybridized carbons (Fsp3) is 0.0909. The maximum absolute atomic E-state index is 5.83. The summed E-state index contributed by atoms with van der Waals surface area (Å²) in [6.07, 6.45) is 0.